The number of aliphatic hydroxyl groups is 4. The van der Waals surface area contributed by atoms with Crippen LogP contribution in [0.2, 0.25) is 0 Å². The summed E-state index contributed by atoms with van der Waals surface area (Å²) >= 11 is 5.38. The third kappa shape index (κ3) is 3.01. The zero-order chi connectivity index (χ0) is 11.4. The van der Waals surface area contributed by atoms with Gasteiger partial charge in [0.15, 0.2) is 6.29 Å². The molecule has 1 saturated heterocycles. The van der Waals surface area contributed by atoms with Crippen LogP contribution in [0.25, 0.3) is 0 Å². The van der Waals surface area contributed by atoms with E-state index >= 15 is 0 Å². The van der Waals surface area contributed by atoms with Crippen LogP contribution in [0.15, 0.2) is 0 Å². The Bertz CT molecular complexity index is 190. The number of aliphatic hydroxyl groups excluding tert-OH is 4. The fourth-order valence-electron chi connectivity index (χ4n) is 1.37. The van der Waals surface area contributed by atoms with Gasteiger partial charge in [0.25, 0.3) is 0 Å². The number of alkyl halides is 1. The van der Waals surface area contributed by atoms with Crippen molar-refractivity contribution in [2.24, 2.45) is 0 Å². The van der Waals surface area contributed by atoms with Gasteiger partial charge in [0.1, 0.15) is 24.4 Å². The van der Waals surface area contributed by atoms with Crippen LogP contribution >= 0.6 is 11.6 Å². The first-order valence-electron chi connectivity index (χ1n) is 4.60. The molecule has 0 aromatic rings. The van der Waals surface area contributed by atoms with Gasteiger partial charge in [-0.2, -0.15) is 0 Å². The molecule has 1 rings (SSSR count). The highest BCUT2D eigenvalue weighted by atomic mass is 35.5. The lowest BCUT2D eigenvalue weighted by Gasteiger charge is -2.39. The predicted molar refractivity (Wildman–Crippen MR) is 50.4 cm³/mol. The Morgan fingerprint density at radius 3 is 2.33 bits per heavy atom. The summed E-state index contributed by atoms with van der Waals surface area (Å²) < 4.78 is 10.1. The van der Waals surface area contributed by atoms with E-state index in [1.807, 2.05) is 0 Å². The summed E-state index contributed by atoms with van der Waals surface area (Å²) in [5.74, 6) is 0.217. The minimum absolute atomic E-state index is 0.143. The second kappa shape index (κ2) is 5.95. The largest absolute Gasteiger partial charge is 0.394 e. The molecule has 0 amide bonds. The summed E-state index contributed by atoms with van der Waals surface area (Å²) in [5.41, 5.74) is 0. The van der Waals surface area contributed by atoms with E-state index < -0.39 is 37.3 Å². The van der Waals surface area contributed by atoms with Crippen molar-refractivity contribution < 1.29 is 29.9 Å². The third-order valence-electron chi connectivity index (χ3n) is 2.21. The second-order valence-corrected chi connectivity index (χ2v) is 3.64. The molecular weight excluding hydrogens is 228 g/mol. The van der Waals surface area contributed by atoms with Crippen LogP contribution in [0.1, 0.15) is 0 Å². The molecule has 1 fully saturated rings. The van der Waals surface area contributed by atoms with Crippen molar-refractivity contribution in [2.45, 2.75) is 30.7 Å². The highest BCUT2D eigenvalue weighted by Gasteiger charge is 2.43. The van der Waals surface area contributed by atoms with Crippen molar-refractivity contribution in [1.82, 2.24) is 0 Å². The van der Waals surface area contributed by atoms with Gasteiger partial charge < -0.3 is 29.9 Å². The van der Waals surface area contributed by atoms with Gasteiger partial charge in [0.05, 0.1) is 13.2 Å². The van der Waals surface area contributed by atoms with Gasteiger partial charge in [-0.05, 0) is 0 Å². The van der Waals surface area contributed by atoms with Crippen molar-refractivity contribution >= 4 is 11.6 Å². The van der Waals surface area contributed by atoms with Gasteiger partial charge in [0.2, 0.25) is 0 Å². The van der Waals surface area contributed by atoms with Crippen molar-refractivity contribution in [3.63, 3.8) is 0 Å². The summed E-state index contributed by atoms with van der Waals surface area (Å²) in [7, 11) is 0. The summed E-state index contributed by atoms with van der Waals surface area (Å²) in [6.45, 7) is -0.323. The molecule has 6 nitrogen and oxygen atoms in total. The maximum atomic E-state index is 9.46. The fraction of sp³-hybridized carbons (Fsp3) is 1.00. The van der Waals surface area contributed by atoms with Crippen molar-refractivity contribution in [2.75, 3.05) is 19.1 Å². The van der Waals surface area contributed by atoms with E-state index in [2.05, 4.69) is 0 Å². The summed E-state index contributed by atoms with van der Waals surface area (Å²) in [5, 5.41) is 37.1. The summed E-state index contributed by atoms with van der Waals surface area (Å²) in [6.07, 6.45) is -6.15. The maximum absolute atomic E-state index is 9.46. The van der Waals surface area contributed by atoms with E-state index in [0.29, 0.717) is 0 Å². The Morgan fingerprint density at radius 1 is 1.13 bits per heavy atom. The van der Waals surface area contributed by atoms with Crippen molar-refractivity contribution in [1.29, 1.82) is 0 Å². The Hall–Kier alpha value is 0.0500. The van der Waals surface area contributed by atoms with Crippen molar-refractivity contribution in [3.8, 4) is 0 Å². The minimum atomic E-state index is -1.41. The topological polar surface area (TPSA) is 99.4 Å². The molecular formula is C8H15ClO6. The van der Waals surface area contributed by atoms with Crippen LogP contribution < -0.4 is 0 Å². The second-order valence-electron chi connectivity index (χ2n) is 3.26. The molecule has 0 aliphatic carbocycles. The maximum Gasteiger partial charge on any atom is 0.186 e. The lowest BCUT2D eigenvalue weighted by molar-refractivity contribution is -0.299. The Labute approximate surface area is 92.0 Å². The standard InChI is InChI=1S/C8H15ClO6/c9-1-2-14-8-7(13)6(12)5(11)4(3-10)15-8/h4-8,10-13H,1-3H2/t4-,5-,6+,7-,8+/m1/s1. The Balaban J connectivity index is 2.57. The molecule has 90 valence electrons. The Morgan fingerprint density at radius 2 is 1.80 bits per heavy atom. The van der Waals surface area contributed by atoms with Crippen LogP contribution in [0.5, 0.6) is 0 Å². The van der Waals surface area contributed by atoms with E-state index in [9.17, 15) is 15.3 Å². The van der Waals surface area contributed by atoms with E-state index in [4.69, 9.17) is 26.2 Å². The number of rotatable bonds is 4. The van der Waals surface area contributed by atoms with E-state index in [1.165, 1.54) is 0 Å². The van der Waals surface area contributed by atoms with E-state index in [0.717, 1.165) is 0 Å². The quantitative estimate of drug-likeness (QED) is 0.428. The lowest BCUT2D eigenvalue weighted by Crippen LogP contribution is -2.59. The van der Waals surface area contributed by atoms with Gasteiger partial charge in [-0.15, -0.1) is 11.6 Å². The number of hydrogen-bond donors (Lipinski definition) is 4. The molecule has 7 heteroatoms. The molecule has 0 bridgehead atoms. The molecule has 0 aromatic heterocycles. The SMILES string of the molecule is OC[C@H]1O[C@H](OCCCl)[C@H](O)[C@@H](O)[C@@H]1O. The number of ether oxygens (including phenoxy) is 2. The first-order valence-corrected chi connectivity index (χ1v) is 5.13. The number of halogens is 1. The molecule has 0 unspecified atom stereocenters. The molecule has 5 atom stereocenters. The van der Waals surface area contributed by atoms with Gasteiger partial charge >= 0.3 is 0 Å². The molecule has 1 heterocycles. The van der Waals surface area contributed by atoms with Crippen LogP contribution in [-0.4, -0.2) is 70.2 Å². The highest BCUT2D eigenvalue weighted by molar-refractivity contribution is 6.17. The monoisotopic (exact) mass is 242 g/mol. The number of hydrogen-bond acceptors (Lipinski definition) is 6. The molecule has 1 aliphatic heterocycles. The smallest absolute Gasteiger partial charge is 0.186 e. The van der Waals surface area contributed by atoms with E-state index in [1.54, 1.807) is 0 Å². The van der Waals surface area contributed by atoms with Gasteiger partial charge in [-0.1, -0.05) is 0 Å². The zero-order valence-corrected chi connectivity index (χ0v) is 8.75. The summed E-state index contributed by atoms with van der Waals surface area (Å²) in [6, 6.07) is 0. The van der Waals surface area contributed by atoms with E-state index in [-0.39, 0.29) is 12.5 Å². The molecule has 0 saturated carbocycles. The molecule has 4 N–H and O–H groups in total. The first kappa shape index (κ1) is 13.1. The molecule has 0 spiro atoms. The Kier molecular flexibility index (Phi) is 5.20. The normalized spacial score (nSPS) is 41.8. The summed E-state index contributed by atoms with van der Waals surface area (Å²) in [4.78, 5) is 0. The van der Waals surface area contributed by atoms with Gasteiger partial charge in [0, 0.05) is 5.88 Å². The predicted octanol–water partition coefficient (Wildman–Crippen LogP) is -1.96. The zero-order valence-electron chi connectivity index (χ0n) is 7.99. The lowest BCUT2D eigenvalue weighted by atomic mass is 9.99. The molecule has 15 heavy (non-hydrogen) atoms. The average Bonchev–Trinajstić information content (AvgIpc) is 2.25. The van der Waals surface area contributed by atoms with Crippen LogP contribution in [0.3, 0.4) is 0 Å². The van der Waals surface area contributed by atoms with Gasteiger partial charge in [-0.3, -0.25) is 0 Å². The van der Waals surface area contributed by atoms with Crippen LogP contribution in [0.4, 0.5) is 0 Å². The molecule has 0 aromatic carbocycles. The van der Waals surface area contributed by atoms with Crippen LogP contribution in [0, 0.1) is 0 Å². The van der Waals surface area contributed by atoms with Crippen molar-refractivity contribution in [3.05, 3.63) is 0 Å². The molecule has 1 aliphatic rings. The third-order valence-corrected chi connectivity index (χ3v) is 2.36. The van der Waals surface area contributed by atoms with Gasteiger partial charge in [-0.25, -0.2) is 0 Å². The highest BCUT2D eigenvalue weighted by Crippen LogP contribution is 2.21. The minimum Gasteiger partial charge on any atom is -0.394 e. The average molecular weight is 243 g/mol. The van der Waals surface area contributed by atoms with Crippen LogP contribution in [-0.2, 0) is 9.47 Å². The fourth-order valence-corrected chi connectivity index (χ4v) is 1.45. The molecule has 0 radical (unpaired) electrons. The first-order chi connectivity index (χ1) is 7.11.